The second-order valence-electron chi connectivity index (χ2n) is 5.36. The molecule has 9 nitrogen and oxygen atoms in total. The molecule has 5 N–H and O–H groups in total. The summed E-state index contributed by atoms with van der Waals surface area (Å²) in [5.74, 6) is 2.19. The summed E-state index contributed by atoms with van der Waals surface area (Å²) in [6.45, 7) is 5.18. The summed E-state index contributed by atoms with van der Waals surface area (Å²) in [5, 5.41) is 22.0. The Morgan fingerprint density at radius 2 is 1.40 bits per heavy atom. The van der Waals surface area contributed by atoms with Crippen LogP contribution in [0.1, 0.15) is 26.7 Å². The fourth-order valence-corrected chi connectivity index (χ4v) is 2.11. The molecule has 0 aliphatic heterocycles. The lowest BCUT2D eigenvalue weighted by Crippen LogP contribution is -2.20. The molecule has 0 aliphatic carbocycles. The van der Waals surface area contributed by atoms with E-state index in [0.717, 1.165) is 13.0 Å². The minimum absolute atomic E-state index is 0. The van der Waals surface area contributed by atoms with E-state index < -0.39 is 6.10 Å². The first-order chi connectivity index (χ1) is 11.6. The van der Waals surface area contributed by atoms with Crippen LogP contribution in [-0.2, 0) is 0 Å². The number of nitrogens with zero attached hydrogens (tertiary/aromatic N) is 4. The third-order valence-electron chi connectivity index (χ3n) is 3.52. The summed E-state index contributed by atoms with van der Waals surface area (Å²) >= 11 is 0. The molecule has 0 bridgehead atoms. The van der Waals surface area contributed by atoms with Crippen LogP contribution in [0.5, 0.6) is 0 Å². The lowest BCUT2D eigenvalue weighted by molar-refractivity contribution is 0.183. The van der Waals surface area contributed by atoms with Crippen molar-refractivity contribution in [3.8, 4) is 0 Å². The largest absolute Gasteiger partial charge is 0.391 e. The van der Waals surface area contributed by atoms with Crippen LogP contribution in [0, 0.1) is 0 Å². The molecule has 1 unspecified atom stereocenters. The fourth-order valence-electron chi connectivity index (χ4n) is 2.11. The van der Waals surface area contributed by atoms with Crippen LogP contribution in [0.2, 0.25) is 0 Å². The number of aliphatic hydroxyl groups excluding tert-OH is 1. The van der Waals surface area contributed by atoms with Gasteiger partial charge in [-0.25, -0.2) is 9.97 Å². The summed E-state index contributed by atoms with van der Waals surface area (Å²) < 4.78 is 0. The van der Waals surface area contributed by atoms with Crippen molar-refractivity contribution in [2.24, 2.45) is 0 Å². The predicted molar refractivity (Wildman–Crippen MR) is 105 cm³/mol. The zero-order chi connectivity index (χ0) is 17.5. The molecular formula is C15H27ClN8O. The van der Waals surface area contributed by atoms with Crippen molar-refractivity contribution in [1.29, 1.82) is 0 Å². The van der Waals surface area contributed by atoms with Crippen molar-refractivity contribution in [1.82, 2.24) is 19.9 Å². The third-order valence-corrected chi connectivity index (χ3v) is 3.52. The molecule has 0 aliphatic rings. The Morgan fingerprint density at radius 1 is 0.880 bits per heavy atom. The zero-order valence-corrected chi connectivity index (χ0v) is 15.9. The molecule has 140 valence electrons. The maximum absolute atomic E-state index is 9.70. The lowest BCUT2D eigenvalue weighted by Gasteiger charge is -2.14. The number of hydrogen-bond acceptors (Lipinski definition) is 9. The minimum atomic E-state index is -0.442. The molecule has 0 spiro atoms. The Hall–Kier alpha value is -2.13. The van der Waals surface area contributed by atoms with Crippen LogP contribution in [0.25, 0.3) is 11.0 Å². The van der Waals surface area contributed by atoms with Crippen molar-refractivity contribution in [2.75, 3.05) is 48.5 Å². The van der Waals surface area contributed by atoms with Crippen molar-refractivity contribution >= 4 is 47.0 Å². The van der Waals surface area contributed by atoms with Crippen LogP contribution >= 0.6 is 12.4 Å². The highest BCUT2D eigenvalue weighted by molar-refractivity contribution is 5.94. The maximum atomic E-state index is 9.70. The number of hydrogen-bond donors (Lipinski definition) is 5. The van der Waals surface area contributed by atoms with Gasteiger partial charge in [0.2, 0.25) is 11.9 Å². The molecule has 0 saturated heterocycles. The number of aliphatic hydroxyl groups is 1. The van der Waals surface area contributed by atoms with Crippen molar-refractivity contribution in [3.05, 3.63) is 0 Å². The van der Waals surface area contributed by atoms with Gasteiger partial charge in [-0.3, -0.25) is 0 Å². The van der Waals surface area contributed by atoms with Gasteiger partial charge in [0.1, 0.15) is 11.0 Å². The van der Waals surface area contributed by atoms with Crippen LogP contribution in [-0.4, -0.2) is 58.3 Å². The monoisotopic (exact) mass is 370 g/mol. The standard InChI is InChI=1S/C15H26N8O.ClH/c1-5-7-18-14-20-10-11(12(16-3)22-14)21-15(23-13(10)17-4)19-8-9(24)6-2;/h9,24H,5-8H2,1-4H3,(H2,16,18,20,22)(H2,17,19,21,23);1H. The van der Waals surface area contributed by atoms with E-state index in [1.807, 2.05) is 6.92 Å². The van der Waals surface area contributed by atoms with Gasteiger partial charge in [0.15, 0.2) is 11.6 Å². The first-order valence-corrected chi connectivity index (χ1v) is 8.23. The molecule has 10 heteroatoms. The SMILES string of the molecule is CCCNc1nc(NC)c2nc(NCC(O)CC)nc(NC)c2n1.Cl. The van der Waals surface area contributed by atoms with Gasteiger partial charge in [-0.2, -0.15) is 9.97 Å². The van der Waals surface area contributed by atoms with Gasteiger partial charge in [-0.1, -0.05) is 13.8 Å². The van der Waals surface area contributed by atoms with Gasteiger partial charge in [0.05, 0.1) is 6.10 Å². The van der Waals surface area contributed by atoms with E-state index in [4.69, 9.17) is 0 Å². The Balaban J connectivity index is 0.00000312. The lowest BCUT2D eigenvalue weighted by atomic mass is 10.3. The number of aromatic nitrogens is 4. The van der Waals surface area contributed by atoms with Crippen LogP contribution in [0.3, 0.4) is 0 Å². The number of rotatable bonds is 9. The van der Waals surface area contributed by atoms with Gasteiger partial charge in [-0.15, -0.1) is 12.4 Å². The molecule has 0 amide bonds. The molecule has 2 aromatic heterocycles. The van der Waals surface area contributed by atoms with E-state index in [9.17, 15) is 5.11 Å². The second-order valence-corrected chi connectivity index (χ2v) is 5.36. The number of fused-ring (bicyclic) bond motifs is 1. The van der Waals surface area contributed by atoms with E-state index in [0.29, 0.717) is 47.5 Å². The smallest absolute Gasteiger partial charge is 0.225 e. The first kappa shape index (κ1) is 20.9. The van der Waals surface area contributed by atoms with E-state index in [1.54, 1.807) is 14.1 Å². The van der Waals surface area contributed by atoms with Gasteiger partial charge in [-0.05, 0) is 12.8 Å². The molecule has 2 aromatic rings. The minimum Gasteiger partial charge on any atom is -0.391 e. The molecule has 0 saturated carbocycles. The highest BCUT2D eigenvalue weighted by atomic mass is 35.5. The van der Waals surface area contributed by atoms with E-state index in [2.05, 4.69) is 48.1 Å². The average Bonchev–Trinajstić information content (AvgIpc) is 2.62. The van der Waals surface area contributed by atoms with Gasteiger partial charge < -0.3 is 26.4 Å². The van der Waals surface area contributed by atoms with Gasteiger partial charge in [0, 0.05) is 27.2 Å². The predicted octanol–water partition coefficient (Wildman–Crippen LogP) is 1.93. The Bertz CT molecular complexity index is 684. The van der Waals surface area contributed by atoms with Crippen molar-refractivity contribution in [2.45, 2.75) is 32.8 Å². The average molecular weight is 371 g/mol. The van der Waals surface area contributed by atoms with Gasteiger partial charge >= 0.3 is 0 Å². The Morgan fingerprint density at radius 3 is 1.84 bits per heavy atom. The molecule has 2 heterocycles. The number of nitrogens with one attached hydrogen (secondary N) is 4. The fraction of sp³-hybridized carbons (Fsp3) is 0.600. The van der Waals surface area contributed by atoms with Crippen molar-refractivity contribution < 1.29 is 5.11 Å². The van der Waals surface area contributed by atoms with Crippen LogP contribution in [0.15, 0.2) is 0 Å². The first-order valence-electron chi connectivity index (χ1n) is 8.23. The highest BCUT2D eigenvalue weighted by Gasteiger charge is 2.15. The molecular weight excluding hydrogens is 344 g/mol. The number of halogens is 1. The van der Waals surface area contributed by atoms with E-state index >= 15 is 0 Å². The molecule has 1 atom stereocenters. The topological polar surface area (TPSA) is 120 Å². The van der Waals surface area contributed by atoms with Crippen molar-refractivity contribution in [3.63, 3.8) is 0 Å². The van der Waals surface area contributed by atoms with Crippen LogP contribution in [0.4, 0.5) is 23.5 Å². The third kappa shape index (κ3) is 5.17. The zero-order valence-electron chi connectivity index (χ0n) is 15.1. The summed E-state index contributed by atoms with van der Waals surface area (Å²) in [6.07, 6.45) is 1.20. The molecule has 0 radical (unpaired) electrons. The quantitative estimate of drug-likeness (QED) is 0.450. The molecule has 25 heavy (non-hydrogen) atoms. The molecule has 0 aromatic carbocycles. The molecule has 2 rings (SSSR count). The molecule has 0 fully saturated rings. The van der Waals surface area contributed by atoms with Gasteiger partial charge in [0.25, 0.3) is 0 Å². The summed E-state index contributed by atoms with van der Waals surface area (Å²) in [5.41, 5.74) is 1.25. The second kappa shape index (κ2) is 10.00. The summed E-state index contributed by atoms with van der Waals surface area (Å²) in [7, 11) is 3.58. The van der Waals surface area contributed by atoms with E-state index in [-0.39, 0.29) is 12.4 Å². The summed E-state index contributed by atoms with van der Waals surface area (Å²) in [4.78, 5) is 17.9. The maximum Gasteiger partial charge on any atom is 0.225 e. The number of anilines is 4. The summed E-state index contributed by atoms with van der Waals surface area (Å²) in [6, 6.07) is 0. The van der Waals surface area contributed by atoms with E-state index in [1.165, 1.54) is 0 Å². The highest BCUT2D eigenvalue weighted by Crippen LogP contribution is 2.26. The van der Waals surface area contributed by atoms with Crippen LogP contribution < -0.4 is 21.3 Å². The Kier molecular flexibility index (Phi) is 8.36. The Labute approximate surface area is 153 Å². The normalized spacial score (nSPS) is 11.6.